The van der Waals surface area contributed by atoms with E-state index < -0.39 is 17.8 Å². The lowest BCUT2D eigenvalue weighted by Gasteiger charge is -2.33. The van der Waals surface area contributed by atoms with Crippen molar-refractivity contribution in [3.05, 3.63) is 12.2 Å². The molecule has 0 spiro atoms. The van der Waals surface area contributed by atoms with Crippen molar-refractivity contribution in [3.8, 4) is 0 Å². The number of carboxylic acid groups (broad SMARTS) is 1. The predicted molar refractivity (Wildman–Crippen MR) is 78.2 cm³/mol. The molecule has 0 fully saturated rings. The Balaban J connectivity index is 2.79. The maximum atomic E-state index is 12.5. The van der Waals surface area contributed by atoms with Crippen molar-refractivity contribution in [2.45, 2.75) is 32.2 Å². The molecule has 0 aromatic rings. The summed E-state index contributed by atoms with van der Waals surface area (Å²) in [6.45, 7) is 2.06. The molecule has 1 amide bonds. The molecule has 108 valence electrons. The summed E-state index contributed by atoms with van der Waals surface area (Å²) in [6, 6.07) is 0.183. The van der Waals surface area contributed by atoms with Gasteiger partial charge in [-0.2, -0.15) is 11.8 Å². The van der Waals surface area contributed by atoms with Crippen molar-refractivity contribution in [2.75, 3.05) is 19.1 Å². The Morgan fingerprint density at radius 1 is 1.37 bits per heavy atom. The van der Waals surface area contributed by atoms with E-state index in [1.807, 2.05) is 18.4 Å². The molecule has 0 saturated heterocycles. The largest absolute Gasteiger partial charge is 0.481 e. The smallest absolute Gasteiger partial charge is 0.307 e. The van der Waals surface area contributed by atoms with Crippen LogP contribution in [0.3, 0.4) is 0 Å². The molecule has 0 aromatic carbocycles. The molecule has 1 aliphatic rings. The minimum atomic E-state index is -0.867. The van der Waals surface area contributed by atoms with Gasteiger partial charge in [0.05, 0.1) is 11.8 Å². The van der Waals surface area contributed by atoms with Gasteiger partial charge in [-0.3, -0.25) is 9.59 Å². The number of carboxylic acids is 1. The van der Waals surface area contributed by atoms with Crippen LogP contribution >= 0.6 is 11.8 Å². The summed E-state index contributed by atoms with van der Waals surface area (Å²) >= 11 is 1.71. The van der Waals surface area contributed by atoms with Crippen molar-refractivity contribution in [2.24, 2.45) is 11.8 Å². The zero-order valence-corrected chi connectivity index (χ0v) is 12.7. The highest BCUT2D eigenvalue weighted by Crippen LogP contribution is 2.28. The first kappa shape index (κ1) is 16.1. The number of thioether (sulfide) groups is 1. The third-order valence-electron chi connectivity index (χ3n) is 3.79. The number of amides is 1. The maximum absolute atomic E-state index is 12.5. The summed E-state index contributed by atoms with van der Waals surface area (Å²) in [5, 5.41) is 9.23. The first-order valence-electron chi connectivity index (χ1n) is 6.66. The number of nitrogens with zero attached hydrogens (tertiary/aromatic N) is 1. The van der Waals surface area contributed by atoms with E-state index in [2.05, 4.69) is 6.92 Å². The summed E-state index contributed by atoms with van der Waals surface area (Å²) in [5.74, 6) is -0.999. The molecule has 0 bridgehead atoms. The zero-order chi connectivity index (χ0) is 14.4. The molecule has 0 aliphatic heterocycles. The lowest BCUT2D eigenvalue weighted by Crippen LogP contribution is -2.45. The van der Waals surface area contributed by atoms with Gasteiger partial charge < -0.3 is 10.0 Å². The lowest BCUT2D eigenvalue weighted by molar-refractivity contribution is -0.150. The summed E-state index contributed by atoms with van der Waals surface area (Å²) < 4.78 is 0. The topological polar surface area (TPSA) is 57.6 Å². The number of aliphatic carboxylic acids is 1. The van der Waals surface area contributed by atoms with Gasteiger partial charge in [0.1, 0.15) is 0 Å². The maximum Gasteiger partial charge on any atom is 0.307 e. The lowest BCUT2D eigenvalue weighted by atomic mass is 9.82. The van der Waals surface area contributed by atoms with Crippen LogP contribution < -0.4 is 0 Å². The minimum Gasteiger partial charge on any atom is -0.481 e. The van der Waals surface area contributed by atoms with Gasteiger partial charge in [0.25, 0.3) is 0 Å². The van der Waals surface area contributed by atoms with E-state index in [1.54, 1.807) is 23.7 Å². The molecule has 19 heavy (non-hydrogen) atoms. The second-order valence-electron chi connectivity index (χ2n) is 4.96. The fourth-order valence-corrected chi connectivity index (χ4v) is 3.34. The highest BCUT2D eigenvalue weighted by Gasteiger charge is 2.36. The van der Waals surface area contributed by atoms with Gasteiger partial charge in [-0.1, -0.05) is 19.1 Å². The van der Waals surface area contributed by atoms with Gasteiger partial charge in [-0.25, -0.2) is 0 Å². The van der Waals surface area contributed by atoms with E-state index in [-0.39, 0.29) is 11.9 Å². The molecule has 3 atom stereocenters. The van der Waals surface area contributed by atoms with Crippen molar-refractivity contribution in [1.82, 2.24) is 4.90 Å². The van der Waals surface area contributed by atoms with Gasteiger partial charge in [-0.15, -0.1) is 0 Å². The SMILES string of the molecule is CCC(CSC)N(C)C(=O)[C@@H]1CC=CC[C@@H]1C(=O)O. The predicted octanol–water partition coefficient (Wildman–Crippen LogP) is 2.25. The van der Waals surface area contributed by atoms with Gasteiger partial charge in [-0.05, 0) is 25.5 Å². The van der Waals surface area contributed by atoms with Gasteiger partial charge in [0.2, 0.25) is 5.91 Å². The molecule has 1 aliphatic carbocycles. The third-order valence-corrected chi connectivity index (χ3v) is 4.51. The molecule has 0 saturated carbocycles. The van der Waals surface area contributed by atoms with E-state index in [0.717, 1.165) is 12.2 Å². The van der Waals surface area contributed by atoms with E-state index >= 15 is 0 Å². The monoisotopic (exact) mass is 285 g/mol. The highest BCUT2D eigenvalue weighted by atomic mass is 32.2. The molecule has 1 unspecified atom stereocenters. The van der Waals surface area contributed by atoms with Crippen LogP contribution in [0.15, 0.2) is 12.2 Å². The molecule has 0 aromatic heterocycles. The number of carbonyl (C=O) groups excluding carboxylic acids is 1. The second kappa shape index (κ2) is 7.58. The van der Waals surface area contributed by atoms with Crippen LogP contribution in [-0.4, -0.2) is 47.0 Å². The Morgan fingerprint density at radius 3 is 2.42 bits per heavy atom. The van der Waals surface area contributed by atoms with Crippen LogP contribution in [-0.2, 0) is 9.59 Å². The van der Waals surface area contributed by atoms with Crippen LogP contribution in [0.2, 0.25) is 0 Å². The standard InChI is InChI=1S/C14H23NO3S/c1-4-10(9-19-3)15(2)13(16)11-7-5-6-8-12(11)14(17)18/h5-6,10-12H,4,7-9H2,1-3H3,(H,17,18)/t10?,11-,12+/m1/s1. The molecule has 0 heterocycles. The first-order valence-corrected chi connectivity index (χ1v) is 8.05. The summed E-state index contributed by atoms with van der Waals surface area (Å²) in [6.07, 6.45) is 7.69. The minimum absolute atomic E-state index is 0.0300. The van der Waals surface area contributed by atoms with Crippen LogP contribution in [0.1, 0.15) is 26.2 Å². The van der Waals surface area contributed by atoms with Crippen molar-refractivity contribution in [3.63, 3.8) is 0 Å². The number of hydrogen-bond acceptors (Lipinski definition) is 3. The van der Waals surface area contributed by atoms with Gasteiger partial charge in [0, 0.05) is 18.8 Å². The van der Waals surface area contributed by atoms with Gasteiger partial charge >= 0.3 is 5.97 Å². The van der Waals surface area contributed by atoms with Gasteiger partial charge in [0.15, 0.2) is 0 Å². The zero-order valence-electron chi connectivity index (χ0n) is 11.8. The Morgan fingerprint density at radius 2 is 1.95 bits per heavy atom. The highest BCUT2D eigenvalue weighted by molar-refractivity contribution is 7.98. The Hall–Kier alpha value is -0.970. The van der Waals surface area contributed by atoms with Crippen molar-refractivity contribution >= 4 is 23.6 Å². The Bertz CT molecular complexity index is 357. The molecule has 5 heteroatoms. The van der Waals surface area contributed by atoms with Crippen LogP contribution in [0.5, 0.6) is 0 Å². The van der Waals surface area contributed by atoms with E-state index in [1.165, 1.54) is 0 Å². The third kappa shape index (κ3) is 4.00. The average Bonchev–Trinajstić information content (AvgIpc) is 2.43. The summed E-state index contributed by atoms with van der Waals surface area (Å²) in [7, 11) is 1.80. The van der Waals surface area contributed by atoms with Crippen molar-refractivity contribution in [1.29, 1.82) is 0 Å². The Kier molecular flexibility index (Phi) is 6.42. The van der Waals surface area contributed by atoms with Crippen molar-refractivity contribution < 1.29 is 14.7 Å². The van der Waals surface area contributed by atoms with Crippen LogP contribution in [0.25, 0.3) is 0 Å². The molecular weight excluding hydrogens is 262 g/mol. The molecule has 0 radical (unpaired) electrons. The van der Waals surface area contributed by atoms with E-state index in [4.69, 9.17) is 0 Å². The number of carbonyl (C=O) groups is 2. The average molecular weight is 285 g/mol. The number of hydrogen-bond donors (Lipinski definition) is 1. The quantitative estimate of drug-likeness (QED) is 0.761. The molecule has 1 N–H and O–H groups in total. The molecular formula is C14H23NO3S. The normalized spacial score (nSPS) is 23.9. The number of allylic oxidation sites excluding steroid dienone is 2. The summed E-state index contributed by atoms with van der Waals surface area (Å²) in [4.78, 5) is 25.5. The molecule has 4 nitrogen and oxygen atoms in total. The first-order chi connectivity index (χ1) is 9.02. The fourth-order valence-electron chi connectivity index (χ4n) is 2.50. The van der Waals surface area contributed by atoms with E-state index in [9.17, 15) is 14.7 Å². The van der Waals surface area contributed by atoms with Crippen LogP contribution in [0.4, 0.5) is 0 Å². The Labute approximate surface area is 119 Å². The van der Waals surface area contributed by atoms with E-state index in [0.29, 0.717) is 12.8 Å². The fraction of sp³-hybridized carbons (Fsp3) is 0.714. The number of rotatable bonds is 6. The molecule has 1 rings (SSSR count). The second-order valence-corrected chi connectivity index (χ2v) is 5.87. The van der Waals surface area contributed by atoms with Crippen LogP contribution in [0, 0.1) is 11.8 Å². The summed E-state index contributed by atoms with van der Waals surface area (Å²) in [5.41, 5.74) is 0.